The maximum atomic E-state index is 11.7. The van der Waals surface area contributed by atoms with Crippen molar-refractivity contribution in [3.8, 4) is 0 Å². The Morgan fingerprint density at radius 2 is 2.15 bits per heavy atom. The van der Waals surface area contributed by atoms with Crippen molar-refractivity contribution in [3.05, 3.63) is 29.1 Å². The molecule has 0 saturated heterocycles. The van der Waals surface area contributed by atoms with Gasteiger partial charge in [0.1, 0.15) is 4.88 Å². The molecule has 0 saturated carbocycles. The summed E-state index contributed by atoms with van der Waals surface area (Å²) in [6.07, 6.45) is 0. The van der Waals surface area contributed by atoms with Crippen LogP contribution in [0.3, 0.4) is 0 Å². The van der Waals surface area contributed by atoms with Gasteiger partial charge in [0.15, 0.2) is 0 Å². The summed E-state index contributed by atoms with van der Waals surface area (Å²) in [4.78, 5) is 23.8. The van der Waals surface area contributed by atoms with E-state index in [2.05, 4.69) is 5.32 Å². The fraction of sp³-hybridized carbons (Fsp3) is 0.286. The first-order valence-corrected chi connectivity index (χ1v) is 7.10. The molecule has 1 aromatic heterocycles. The highest BCUT2D eigenvalue weighted by molar-refractivity contribution is 7.20. The molecule has 1 heterocycles. The molecule has 0 spiro atoms. The predicted molar refractivity (Wildman–Crippen MR) is 80.1 cm³/mol. The number of hydrogen-bond acceptors (Lipinski definition) is 5. The third kappa shape index (κ3) is 3.15. The van der Waals surface area contributed by atoms with E-state index in [9.17, 15) is 9.59 Å². The lowest BCUT2D eigenvalue weighted by atomic mass is 10.2. The Balaban J connectivity index is 2.26. The highest BCUT2D eigenvalue weighted by Crippen LogP contribution is 2.28. The molecule has 0 aliphatic heterocycles. The van der Waals surface area contributed by atoms with E-state index in [-0.39, 0.29) is 11.9 Å². The summed E-state index contributed by atoms with van der Waals surface area (Å²) in [6, 6.07) is 6.66. The van der Waals surface area contributed by atoms with Crippen LogP contribution >= 0.6 is 11.3 Å². The van der Waals surface area contributed by atoms with Crippen molar-refractivity contribution >= 4 is 39.0 Å². The minimum atomic E-state index is -0.566. The van der Waals surface area contributed by atoms with Crippen LogP contribution in [0, 0.1) is 0 Å². The lowest BCUT2D eigenvalue weighted by molar-refractivity contribution is -0.117. The van der Waals surface area contributed by atoms with Gasteiger partial charge in [-0.05, 0) is 43.5 Å². The molecule has 1 amide bonds. The Morgan fingerprint density at radius 1 is 1.40 bits per heavy atom. The van der Waals surface area contributed by atoms with E-state index in [1.165, 1.54) is 11.3 Å². The predicted octanol–water partition coefficient (Wildman–Crippen LogP) is 2.36. The number of hydrogen-bond donors (Lipinski definition) is 2. The zero-order valence-electron chi connectivity index (χ0n) is 11.3. The van der Waals surface area contributed by atoms with Crippen LogP contribution in [-0.4, -0.2) is 24.5 Å². The molecule has 6 heteroatoms. The second kappa shape index (κ2) is 6.02. The molecule has 0 fully saturated rings. The summed E-state index contributed by atoms with van der Waals surface area (Å²) < 4.78 is 5.93. The van der Waals surface area contributed by atoms with E-state index in [0.717, 1.165) is 10.1 Å². The van der Waals surface area contributed by atoms with Crippen LogP contribution in [0.2, 0.25) is 0 Å². The van der Waals surface area contributed by atoms with E-state index in [1.54, 1.807) is 26.0 Å². The van der Waals surface area contributed by atoms with Crippen LogP contribution in [0.15, 0.2) is 24.3 Å². The second-order valence-corrected chi connectivity index (χ2v) is 5.45. The van der Waals surface area contributed by atoms with Gasteiger partial charge >= 0.3 is 5.97 Å². The van der Waals surface area contributed by atoms with Crippen molar-refractivity contribution in [1.29, 1.82) is 0 Å². The Morgan fingerprint density at radius 3 is 2.80 bits per heavy atom. The molecule has 5 nitrogen and oxygen atoms in total. The van der Waals surface area contributed by atoms with Crippen LogP contribution in [0.4, 0.5) is 5.69 Å². The third-order valence-corrected chi connectivity index (χ3v) is 3.77. The molecule has 0 unspecified atom stereocenters. The van der Waals surface area contributed by atoms with Crippen molar-refractivity contribution in [2.24, 2.45) is 5.73 Å². The van der Waals surface area contributed by atoms with Crippen LogP contribution in [0.25, 0.3) is 10.1 Å². The summed E-state index contributed by atoms with van der Waals surface area (Å²) in [5.74, 6) is -0.569. The van der Waals surface area contributed by atoms with E-state index in [4.69, 9.17) is 10.5 Å². The summed E-state index contributed by atoms with van der Waals surface area (Å²) in [5, 5.41) is 3.61. The van der Waals surface area contributed by atoms with E-state index in [1.807, 2.05) is 12.1 Å². The Bertz CT molecular complexity index is 649. The van der Waals surface area contributed by atoms with Crippen molar-refractivity contribution in [1.82, 2.24) is 0 Å². The number of ether oxygens (including phenoxy) is 1. The molecular formula is C14H16N2O3S. The molecule has 1 aromatic carbocycles. The van der Waals surface area contributed by atoms with Gasteiger partial charge in [0.25, 0.3) is 0 Å². The zero-order valence-corrected chi connectivity index (χ0v) is 12.1. The first-order valence-electron chi connectivity index (χ1n) is 6.28. The van der Waals surface area contributed by atoms with Gasteiger partial charge < -0.3 is 15.8 Å². The van der Waals surface area contributed by atoms with Crippen molar-refractivity contribution < 1.29 is 14.3 Å². The second-order valence-electron chi connectivity index (χ2n) is 4.36. The monoisotopic (exact) mass is 292 g/mol. The van der Waals surface area contributed by atoms with Gasteiger partial charge in [0.05, 0.1) is 12.6 Å². The molecule has 0 bridgehead atoms. The summed E-state index contributed by atoms with van der Waals surface area (Å²) in [7, 11) is 0. The Labute approximate surface area is 120 Å². The first kappa shape index (κ1) is 14.5. The average molecular weight is 292 g/mol. The number of thiophene rings is 1. The standard InChI is InChI=1S/C14H16N2O3S/c1-3-19-14(18)12-7-9-6-10(4-5-11(9)20-12)16-13(17)8(2)15/h4-8H,3,15H2,1-2H3,(H,16,17)/t8-/m0/s1. The number of benzene rings is 1. The Hall–Kier alpha value is -1.92. The molecule has 106 valence electrons. The zero-order chi connectivity index (χ0) is 14.7. The van der Waals surface area contributed by atoms with Crippen LogP contribution in [0.1, 0.15) is 23.5 Å². The van der Waals surface area contributed by atoms with Gasteiger partial charge in [0, 0.05) is 10.4 Å². The van der Waals surface area contributed by atoms with Crippen LogP contribution in [0.5, 0.6) is 0 Å². The van der Waals surface area contributed by atoms with Gasteiger partial charge in [0.2, 0.25) is 5.91 Å². The first-order chi connectivity index (χ1) is 9.51. The quantitative estimate of drug-likeness (QED) is 0.848. The number of carbonyl (C=O) groups is 2. The normalized spacial score (nSPS) is 12.2. The van der Waals surface area contributed by atoms with Gasteiger partial charge in [-0.3, -0.25) is 4.79 Å². The van der Waals surface area contributed by atoms with Gasteiger partial charge in [-0.15, -0.1) is 11.3 Å². The topological polar surface area (TPSA) is 81.4 Å². The largest absolute Gasteiger partial charge is 0.462 e. The average Bonchev–Trinajstić information content (AvgIpc) is 2.82. The van der Waals surface area contributed by atoms with Gasteiger partial charge in [-0.2, -0.15) is 0 Å². The maximum Gasteiger partial charge on any atom is 0.348 e. The molecule has 20 heavy (non-hydrogen) atoms. The van der Waals surface area contributed by atoms with Crippen molar-refractivity contribution in [3.63, 3.8) is 0 Å². The highest BCUT2D eigenvalue weighted by Gasteiger charge is 2.12. The lowest BCUT2D eigenvalue weighted by Crippen LogP contribution is -2.32. The fourth-order valence-electron chi connectivity index (χ4n) is 1.68. The number of esters is 1. The number of nitrogens with two attached hydrogens (primary N) is 1. The number of fused-ring (bicyclic) bond motifs is 1. The number of anilines is 1. The van der Waals surface area contributed by atoms with E-state index in [0.29, 0.717) is 17.2 Å². The van der Waals surface area contributed by atoms with Gasteiger partial charge in [-0.1, -0.05) is 0 Å². The number of rotatable bonds is 4. The molecule has 0 aliphatic rings. The summed E-state index contributed by atoms with van der Waals surface area (Å²) in [5.41, 5.74) is 6.16. The lowest BCUT2D eigenvalue weighted by Gasteiger charge is -2.07. The SMILES string of the molecule is CCOC(=O)c1cc2cc(NC(=O)[C@H](C)N)ccc2s1. The minimum Gasteiger partial charge on any atom is -0.462 e. The van der Waals surface area contributed by atoms with E-state index < -0.39 is 6.04 Å². The highest BCUT2D eigenvalue weighted by atomic mass is 32.1. The smallest absolute Gasteiger partial charge is 0.348 e. The van der Waals surface area contributed by atoms with Gasteiger partial charge in [-0.25, -0.2) is 4.79 Å². The molecule has 0 aliphatic carbocycles. The Kier molecular flexibility index (Phi) is 4.36. The van der Waals surface area contributed by atoms with Crippen molar-refractivity contribution in [2.45, 2.75) is 19.9 Å². The maximum absolute atomic E-state index is 11.7. The molecule has 0 radical (unpaired) electrons. The molecular weight excluding hydrogens is 276 g/mol. The van der Waals surface area contributed by atoms with Crippen LogP contribution < -0.4 is 11.1 Å². The molecule has 2 rings (SSSR count). The molecule has 3 N–H and O–H groups in total. The number of amides is 1. The molecule has 2 aromatic rings. The third-order valence-electron chi connectivity index (χ3n) is 2.67. The summed E-state index contributed by atoms with van der Waals surface area (Å²) in [6.45, 7) is 3.74. The summed E-state index contributed by atoms with van der Waals surface area (Å²) >= 11 is 1.37. The van der Waals surface area contributed by atoms with Crippen LogP contribution in [-0.2, 0) is 9.53 Å². The minimum absolute atomic E-state index is 0.245. The number of carbonyl (C=O) groups excluding carboxylic acids is 2. The van der Waals surface area contributed by atoms with Crippen molar-refractivity contribution in [2.75, 3.05) is 11.9 Å². The number of nitrogens with one attached hydrogen (secondary N) is 1. The van der Waals surface area contributed by atoms with E-state index >= 15 is 0 Å². The fourth-order valence-corrected chi connectivity index (χ4v) is 2.62. The molecule has 1 atom stereocenters.